The first-order valence-corrected chi connectivity index (χ1v) is 8.78. The van der Waals surface area contributed by atoms with E-state index in [4.69, 9.17) is 22.1 Å². The molecule has 0 aliphatic carbocycles. The molecular formula is C12H17BrCl2N2O3S. The highest BCUT2D eigenvalue weighted by atomic mass is 79.9. The maximum absolute atomic E-state index is 12.8. The fourth-order valence-electron chi connectivity index (χ4n) is 2.41. The molecule has 1 aromatic rings. The Hall–Kier alpha value is -0.0500. The zero-order valence-electron chi connectivity index (χ0n) is 11.4. The lowest BCUT2D eigenvalue weighted by atomic mass is 10.2. The van der Waals surface area contributed by atoms with E-state index in [1.165, 1.54) is 17.5 Å². The molecule has 1 aliphatic heterocycles. The summed E-state index contributed by atoms with van der Waals surface area (Å²) in [7, 11) is -2.25. The Balaban J connectivity index is 0.00000220. The number of rotatable bonds is 4. The van der Waals surface area contributed by atoms with Crippen LogP contribution < -0.4 is 10.5 Å². The molecule has 0 spiro atoms. The second-order valence-electron chi connectivity index (χ2n) is 4.57. The molecule has 0 saturated carbocycles. The second kappa shape index (κ2) is 7.48. The van der Waals surface area contributed by atoms with E-state index >= 15 is 0 Å². The Morgan fingerprint density at radius 1 is 1.52 bits per heavy atom. The van der Waals surface area contributed by atoms with Gasteiger partial charge < -0.3 is 10.5 Å². The molecule has 1 aliphatic rings. The van der Waals surface area contributed by atoms with E-state index < -0.39 is 10.0 Å². The minimum atomic E-state index is -3.67. The smallest absolute Gasteiger partial charge is 0.247 e. The summed E-state index contributed by atoms with van der Waals surface area (Å²) < 4.78 is 32.7. The molecule has 1 aromatic carbocycles. The van der Waals surface area contributed by atoms with E-state index in [1.807, 2.05) is 0 Å². The van der Waals surface area contributed by atoms with Gasteiger partial charge in [0.05, 0.1) is 11.6 Å². The average Bonchev–Trinajstić information content (AvgIpc) is 2.86. The number of halogens is 3. The predicted octanol–water partition coefficient (Wildman–Crippen LogP) is 2.64. The lowest BCUT2D eigenvalue weighted by Crippen LogP contribution is -2.40. The Morgan fingerprint density at radius 2 is 2.19 bits per heavy atom. The molecule has 9 heteroatoms. The number of benzene rings is 1. The van der Waals surface area contributed by atoms with E-state index in [2.05, 4.69) is 15.9 Å². The van der Waals surface area contributed by atoms with Crippen molar-refractivity contribution in [2.24, 2.45) is 5.73 Å². The summed E-state index contributed by atoms with van der Waals surface area (Å²) in [5.74, 6) is 0.261. The molecule has 2 N–H and O–H groups in total. The highest BCUT2D eigenvalue weighted by Gasteiger charge is 2.36. The van der Waals surface area contributed by atoms with E-state index in [-0.39, 0.29) is 29.1 Å². The van der Waals surface area contributed by atoms with Gasteiger partial charge in [-0.3, -0.25) is 0 Å². The molecule has 0 bridgehead atoms. The minimum Gasteiger partial charge on any atom is -0.494 e. The van der Waals surface area contributed by atoms with Gasteiger partial charge in [-0.2, -0.15) is 4.31 Å². The van der Waals surface area contributed by atoms with Crippen molar-refractivity contribution in [2.45, 2.75) is 23.8 Å². The summed E-state index contributed by atoms with van der Waals surface area (Å²) in [5, 5.41) is 0.333. The van der Waals surface area contributed by atoms with E-state index in [0.717, 1.165) is 12.8 Å². The minimum absolute atomic E-state index is 0. The van der Waals surface area contributed by atoms with Gasteiger partial charge in [0.2, 0.25) is 10.0 Å². The number of methoxy groups -OCH3 is 1. The summed E-state index contributed by atoms with van der Waals surface area (Å²) in [5.41, 5.74) is 5.66. The van der Waals surface area contributed by atoms with Gasteiger partial charge in [-0.1, -0.05) is 11.6 Å². The van der Waals surface area contributed by atoms with Gasteiger partial charge in [0, 0.05) is 24.2 Å². The normalized spacial score (nSPS) is 19.3. The molecule has 1 saturated heterocycles. The van der Waals surface area contributed by atoms with Crippen LogP contribution in [0.3, 0.4) is 0 Å². The fraction of sp³-hybridized carbons (Fsp3) is 0.500. The molecule has 5 nitrogen and oxygen atoms in total. The van der Waals surface area contributed by atoms with Crippen LogP contribution in [0.25, 0.3) is 0 Å². The number of hydrogen-bond donors (Lipinski definition) is 1. The van der Waals surface area contributed by atoms with Gasteiger partial charge in [-0.25, -0.2) is 8.42 Å². The van der Waals surface area contributed by atoms with Crippen molar-refractivity contribution in [3.05, 3.63) is 21.6 Å². The van der Waals surface area contributed by atoms with Crippen LogP contribution >= 0.6 is 39.9 Å². The Morgan fingerprint density at radius 3 is 2.76 bits per heavy atom. The third-order valence-electron chi connectivity index (χ3n) is 3.36. The van der Waals surface area contributed by atoms with Crippen molar-refractivity contribution in [3.8, 4) is 5.75 Å². The third-order valence-corrected chi connectivity index (χ3v) is 6.12. The molecule has 1 fully saturated rings. The van der Waals surface area contributed by atoms with Crippen molar-refractivity contribution in [2.75, 3.05) is 20.2 Å². The van der Waals surface area contributed by atoms with Crippen LogP contribution in [-0.4, -0.2) is 39.0 Å². The van der Waals surface area contributed by atoms with Gasteiger partial charge in [0.15, 0.2) is 5.75 Å². The van der Waals surface area contributed by atoms with Gasteiger partial charge in [0.25, 0.3) is 0 Å². The number of ether oxygens (including phenoxy) is 1. The summed E-state index contributed by atoms with van der Waals surface area (Å²) in [4.78, 5) is 0.0692. The maximum Gasteiger partial charge on any atom is 0.247 e. The monoisotopic (exact) mass is 418 g/mol. The quantitative estimate of drug-likeness (QED) is 0.813. The lowest BCUT2D eigenvalue weighted by molar-refractivity contribution is 0.378. The lowest BCUT2D eigenvalue weighted by Gasteiger charge is -2.24. The first-order chi connectivity index (χ1) is 9.41. The second-order valence-corrected chi connectivity index (χ2v) is 7.72. The molecule has 1 atom stereocenters. The van der Waals surface area contributed by atoms with Crippen LogP contribution in [0.2, 0.25) is 5.02 Å². The Labute approximate surface area is 144 Å². The van der Waals surface area contributed by atoms with E-state index in [0.29, 0.717) is 22.6 Å². The largest absolute Gasteiger partial charge is 0.494 e. The summed E-state index contributed by atoms with van der Waals surface area (Å²) in [6.45, 7) is 0.779. The van der Waals surface area contributed by atoms with Crippen LogP contribution in [0.1, 0.15) is 12.8 Å². The van der Waals surface area contributed by atoms with E-state index in [1.54, 1.807) is 6.07 Å². The third kappa shape index (κ3) is 3.65. The van der Waals surface area contributed by atoms with Crippen molar-refractivity contribution < 1.29 is 13.2 Å². The molecule has 1 heterocycles. The van der Waals surface area contributed by atoms with Gasteiger partial charge in [-0.15, -0.1) is 12.4 Å². The van der Waals surface area contributed by atoms with Crippen LogP contribution in [0.15, 0.2) is 21.5 Å². The highest BCUT2D eigenvalue weighted by molar-refractivity contribution is 9.10. The summed E-state index contributed by atoms with van der Waals surface area (Å²) >= 11 is 9.24. The van der Waals surface area contributed by atoms with Gasteiger partial charge in [0.1, 0.15) is 4.90 Å². The van der Waals surface area contributed by atoms with Gasteiger partial charge in [-0.05, 0) is 40.9 Å². The van der Waals surface area contributed by atoms with Gasteiger partial charge >= 0.3 is 0 Å². The zero-order valence-corrected chi connectivity index (χ0v) is 15.4. The first kappa shape index (κ1) is 19.0. The topological polar surface area (TPSA) is 72.6 Å². The molecule has 2 rings (SSSR count). The number of nitrogens with zero attached hydrogens (tertiary/aromatic N) is 1. The molecule has 0 amide bonds. The Bertz CT molecular complexity index is 613. The Kier molecular flexibility index (Phi) is 6.77. The number of nitrogens with two attached hydrogens (primary N) is 1. The molecule has 120 valence electrons. The molecular weight excluding hydrogens is 403 g/mol. The molecule has 1 unspecified atom stereocenters. The molecule has 0 aromatic heterocycles. The highest BCUT2D eigenvalue weighted by Crippen LogP contribution is 2.38. The summed E-state index contributed by atoms with van der Waals surface area (Å²) in [6.07, 6.45) is 1.59. The van der Waals surface area contributed by atoms with Crippen LogP contribution in [-0.2, 0) is 10.0 Å². The SMILES string of the molecule is COc1c(Br)cc(Cl)cc1S(=O)(=O)N1CCCC1CN.Cl. The maximum atomic E-state index is 12.8. The first-order valence-electron chi connectivity index (χ1n) is 6.16. The molecule has 21 heavy (non-hydrogen) atoms. The standard InChI is InChI=1S/C12H16BrClN2O3S.ClH/c1-19-12-10(13)5-8(14)6-11(12)20(17,18)16-4-2-3-9(16)7-15;/h5-6,9H,2-4,7,15H2,1H3;1H. The van der Waals surface area contributed by atoms with Crippen molar-refractivity contribution in [1.29, 1.82) is 0 Å². The zero-order chi connectivity index (χ0) is 14.9. The van der Waals surface area contributed by atoms with Crippen molar-refractivity contribution in [1.82, 2.24) is 4.31 Å². The van der Waals surface area contributed by atoms with E-state index in [9.17, 15) is 8.42 Å². The fourth-order valence-corrected chi connectivity index (χ4v) is 5.49. The van der Waals surface area contributed by atoms with Crippen molar-refractivity contribution >= 4 is 50.0 Å². The van der Waals surface area contributed by atoms with Crippen LogP contribution in [0.5, 0.6) is 5.75 Å². The average molecular weight is 420 g/mol. The van der Waals surface area contributed by atoms with Crippen LogP contribution in [0.4, 0.5) is 0 Å². The molecule has 0 radical (unpaired) electrons. The van der Waals surface area contributed by atoms with Crippen LogP contribution in [0, 0.1) is 0 Å². The number of hydrogen-bond acceptors (Lipinski definition) is 4. The predicted molar refractivity (Wildman–Crippen MR) is 88.9 cm³/mol. The summed E-state index contributed by atoms with van der Waals surface area (Å²) in [6, 6.07) is 2.85. The number of sulfonamides is 1. The van der Waals surface area contributed by atoms with Crippen molar-refractivity contribution in [3.63, 3.8) is 0 Å².